The molecule has 3 rings (SSSR count). The normalized spacial score (nSPS) is 25.8. The monoisotopic (exact) mass is 391 g/mol. The number of fused-ring (bicyclic) bond motifs is 3. The Balaban J connectivity index is 1.97. The Labute approximate surface area is 165 Å². The van der Waals surface area contributed by atoms with Crippen molar-refractivity contribution in [3.8, 4) is 5.75 Å². The van der Waals surface area contributed by atoms with E-state index in [4.69, 9.17) is 4.74 Å². The molecule has 154 valence electrons. The molecule has 28 heavy (non-hydrogen) atoms. The van der Waals surface area contributed by atoms with Crippen molar-refractivity contribution < 1.29 is 24.9 Å². The molecule has 2 atom stereocenters. The lowest BCUT2D eigenvalue weighted by Crippen LogP contribution is -2.60. The number of aliphatic hydroxyl groups is 2. The van der Waals surface area contributed by atoms with Gasteiger partial charge in [0.15, 0.2) is 0 Å². The molecule has 1 aliphatic heterocycles. The van der Waals surface area contributed by atoms with Gasteiger partial charge in [-0.25, -0.2) is 0 Å². The summed E-state index contributed by atoms with van der Waals surface area (Å²) in [5, 5.41) is 30.7. The molecule has 1 aliphatic carbocycles. The van der Waals surface area contributed by atoms with Crippen molar-refractivity contribution in [2.75, 3.05) is 13.2 Å². The summed E-state index contributed by atoms with van der Waals surface area (Å²) < 4.78 is 6.26. The molecule has 0 spiro atoms. The highest BCUT2D eigenvalue weighted by Crippen LogP contribution is 2.53. The number of rotatable bonds is 6. The highest BCUT2D eigenvalue weighted by Gasteiger charge is 2.55. The van der Waals surface area contributed by atoms with Gasteiger partial charge in [0.25, 0.3) is 5.09 Å². The number of benzene rings is 1. The van der Waals surface area contributed by atoms with Crippen LogP contribution in [0.5, 0.6) is 5.75 Å². The zero-order valence-electron chi connectivity index (χ0n) is 16.9. The molecule has 0 fully saturated rings. The highest BCUT2D eigenvalue weighted by atomic mass is 16.9. The van der Waals surface area contributed by atoms with E-state index in [1.807, 2.05) is 52.0 Å². The van der Waals surface area contributed by atoms with Crippen molar-refractivity contribution in [1.29, 1.82) is 0 Å². The largest absolute Gasteiger partial charge is 0.485 e. The zero-order valence-corrected chi connectivity index (χ0v) is 16.9. The molecule has 0 saturated heterocycles. The third kappa shape index (κ3) is 3.49. The number of aliphatic hydroxyl groups excluding tert-OH is 1. The predicted octanol–water partition coefficient (Wildman–Crippen LogP) is 3.26. The molecule has 2 N–H and O–H groups in total. The first-order valence-corrected chi connectivity index (χ1v) is 9.64. The molecule has 1 heterocycles. The van der Waals surface area contributed by atoms with Crippen LogP contribution in [0.2, 0.25) is 0 Å². The van der Waals surface area contributed by atoms with Gasteiger partial charge in [-0.05, 0) is 55.7 Å². The van der Waals surface area contributed by atoms with Crippen molar-refractivity contribution in [1.82, 2.24) is 0 Å². The van der Waals surface area contributed by atoms with E-state index in [2.05, 4.69) is 4.84 Å². The van der Waals surface area contributed by atoms with Gasteiger partial charge in [0, 0.05) is 11.5 Å². The van der Waals surface area contributed by atoms with Gasteiger partial charge in [0.05, 0.1) is 13.2 Å². The van der Waals surface area contributed by atoms with Crippen LogP contribution in [0.25, 0.3) is 0 Å². The minimum atomic E-state index is -1.05. The van der Waals surface area contributed by atoms with Gasteiger partial charge in [-0.15, -0.1) is 10.1 Å². The van der Waals surface area contributed by atoms with Crippen LogP contribution in [0.4, 0.5) is 0 Å². The molecule has 0 saturated carbocycles. The van der Waals surface area contributed by atoms with E-state index in [1.165, 1.54) is 0 Å². The maximum Gasteiger partial charge on any atom is 0.294 e. The standard InChI is InChI=1S/C21H29NO6/c1-19(2,9-10-27-22(25)26)15-5-6-16-17-11-14(13-23)7-8-21(17,24)20(3,4)28-18(16)12-15/h5-6,11-12,17,23-24H,7-10,13H2,1-4H3/t17-,21-/m1/s1. The maximum atomic E-state index is 11.4. The van der Waals surface area contributed by atoms with E-state index in [0.29, 0.717) is 25.0 Å². The van der Waals surface area contributed by atoms with Gasteiger partial charge in [0.1, 0.15) is 17.0 Å². The molecule has 1 aromatic carbocycles. The fourth-order valence-electron chi connectivity index (χ4n) is 4.30. The van der Waals surface area contributed by atoms with E-state index in [9.17, 15) is 20.3 Å². The van der Waals surface area contributed by atoms with Crippen molar-refractivity contribution in [2.45, 2.75) is 69.5 Å². The summed E-state index contributed by atoms with van der Waals surface area (Å²) in [6.07, 6.45) is 3.63. The summed E-state index contributed by atoms with van der Waals surface area (Å²) >= 11 is 0. The average molecular weight is 391 g/mol. The van der Waals surface area contributed by atoms with Gasteiger partial charge < -0.3 is 19.8 Å². The van der Waals surface area contributed by atoms with Crippen LogP contribution in [0, 0.1) is 10.1 Å². The molecule has 2 aliphatic rings. The van der Waals surface area contributed by atoms with Crippen molar-refractivity contribution in [3.63, 3.8) is 0 Å². The molecule has 1 aromatic rings. The summed E-state index contributed by atoms with van der Waals surface area (Å²) in [7, 11) is 0. The zero-order chi connectivity index (χ0) is 20.7. The molecule has 0 radical (unpaired) electrons. The number of hydrogen-bond donors (Lipinski definition) is 2. The Morgan fingerprint density at radius 3 is 2.75 bits per heavy atom. The fraction of sp³-hybridized carbons (Fsp3) is 0.619. The maximum absolute atomic E-state index is 11.4. The minimum absolute atomic E-state index is 0.00917. The number of ether oxygens (including phenoxy) is 1. The minimum Gasteiger partial charge on any atom is -0.485 e. The number of nitrogens with zero attached hydrogens (tertiary/aromatic N) is 1. The van der Waals surface area contributed by atoms with Crippen molar-refractivity contribution >= 4 is 0 Å². The molecular formula is C21H29NO6. The van der Waals surface area contributed by atoms with Gasteiger partial charge in [-0.1, -0.05) is 32.1 Å². The Hall–Kier alpha value is -2.12. The first-order chi connectivity index (χ1) is 13.0. The van der Waals surface area contributed by atoms with Crippen LogP contribution in [0.3, 0.4) is 0 Å². The van der Waals surface area contributed by atoms with E-state index >= 15 is 0 Å². The Bertz CT molecular complexity index is 800. The van der Waals surface area contributed by atoms with Gasteiger partial charge in [0.2, 0.25) is 0 Å². The lowest BCUT2D eigenvalue weighted by Gasteiger charge is -2.53. The van der Waals surface area contributed by atoms with Crippen molar-refractivity contribution in [3.05, 3.63) is 51.1 Å². The molecule has 7 nitrogen and oxygen atoms in total. The van der Waals surface area contributed by atoms with Crippen LogP contribution in [0.1, 0.15) is 64.0 Å². The topological polar surface area (TPSA) is 102 Å². The second kappa shape index (κ2) is 7.04. The van der Waals surface area contributed by atoms with Gasteiger partial charge >= 0.3 is 0 Å². The second-order valence-electron chi connectivity index (χ2n) is 8.94. The first kappa shape index (κ1) is 20.6. The molecule has 7 heteroatoms. The Morgan fingerprint density at radius 2 is 2.11 bits per heavy atom. The summed E-state index contributed by atoms with van der Waals surface area (Å²) in [5.41, 5.74) is 0.634. The summed E-state index contributed by atoms with van der Waals surface area (Å²) in [6.45, 7) is 7.81. The van der Waals surface area contributed by atoms with Crippen LogP contribution in [-0.2, 0) is 10.3 Å². The SMILES string of the molecule is CC(C)(CCO[N+](=O)[O-])c1ccc2c(c1)OC(C)(C)[C@@]1(O)CCC(CO)=C[C@H]21. The van der Waals surface area contributed by atoms with Crippen LogP contribution >= 0.6 is 0 Å². The summed E-state index contributed by atoms with van der Waals surface area (Å²) in [5.74, 6) is 0.452. The van der Waals surface area contributed by atoms with Crippen LogP contribution < -0.4 is 4.74 Å². The quantitative estimate of drug-likeness (QED) is 0.438. The van der Waals surface area contributed by atoms with Crippen molar-refractivity contribution in [2.24, 2.45) is 0 Å². The lowest BCUT2D eigenvalue weighted by atomic mass is 9.64. The molecule has 0 unspecified atom stereocenters. The van der Waals surface area contributed by atoms with Gasteiger partial charge in [-0.2, -0.15) is 0 Å². The molecule has 0 amide bonds. The molecule has 0 aromatic heterocycles. The highest BCUT2D eigenvalue weighted by molar-refractivity contribution is 5.49. The fourth-order valence-corrected chi connectivity index (χ4v) is 4.30. The van der Waals surface area contributed by atoms with Crippen LogP contribution in [-0.4, -0.2) is 39.7 Å². The first-order valence-electron chi connectivity index (χ1n) is 9.64. The summed E-state index contributed by atoms with van der Waals surface area (Å²) in [4.78, 5) is 14.9. The van der Waals surface area contributed by atoms with E-state index < -0.39 is 16.3 Å². The molecular weight excluding hydrogens is 362 g/mol. The summed E-state index contributed by atoms with van der Waals surface area (Å²) in [6, 6.07) is 5.90. The third-order valence-electron chi connectivity index (χ3n) is 6.41. The lowest BCUT2D eigenvalue weighted by molar-refractivity contribution is -0.758. The van der Waals surface area contributed by atoms with Crippen LogP contribution in [0.15, 0.2) is 29.8 Å². The smallest absolute Gasteiger partial charge is 0.294 e. The van der Waals surface area contributed by atoms with E-state index in [0.717, 1.165) is 16.7 Å². The third-order valence-corrected chi connectivity index (χ3v) is 6.41. The van der Waals surface area contributed by atoms with E-state index in [-0.39, 0.29) is 24.5 Å². The average Bonchev–Trinajstić information content (AvgIpc) is 2.60. The van der Waals surface area contributed by atoms with E-state index in [1.54, 1.807) is 0 Å². The van der Waals surface area contributed by atoms with Gasteiger partial charge in [-0.3, -0.25) is 0 Å². The Morgan fingerprint density at radius 1 is 1.39 bits per heavy atom. The molecule has 0 bridgehead atoms. The predicted molar refractivity (Wildman–Crippen MR) is 104 cm³/mol. The second-order valence-corrected chi connectivity index (χ2v) is 8.94. The number of hydrogen-bond acceptors (Lipinski definition) is 6. The Kier molecular flexibility index (Phi) is 5.18.